The molecule has 1 fully saturated rings. The Balaban J connectivity index is 1.99. The molecule has 0 radical (unpaired) electrons. The van der Waals surface area contributed by atoms with Gasteiger partial charge in [-0.2, -0.15) is 0 Å². The molecule has 5 nitrogen and oxygen atoms in total. The Morgan fingerprint density at radius 1 is 1.50 bits per heavy atom. The van der Waals surface area contributed by atoms with Gasteiger partial charge in [0, 0.05) is 6.54 Å². The molecule has 1 aromatic carbocycles. The second-order valence-corrected chi connectivity index (χ2v) is 6.80. The van der Waals surface area contributed by atoms with Crippen LogP contribution in [0.25, 0.3) is 0 Å². The third kappa shape index (κ3) is 2.87. The zero-order valence-corrected chi connectivity index (χ0v) is 11.2. The van der Waals surface area contributed by atoms with Gasteiger partial charge in [-0.3, -0.25) is 0 Å². The second-order valence-electron chi connectivity index (χ2n) is 4.57. The summed E-state index contributed by atoms with van der Waals surface area (Å²) >= 11 is 0. The minimum atomic E-state index is -2.82. The van der Waals surface area contributed by atoms with Gasteiger partial charge in [0.15, 0.2) is 9.84 Å². The van der Waals surface area contributed by atoms with Gasteiger partial charge < -0.3 is 15.8 Å². The minimum Gasteiger partial charge on any atom is -0.495 e. The van der Waals surface area contributed by atoms with Crippen molar-refractivity contribution in [2.75, 3.05) is 36.2 Å². The highest BCUT2D eigenvalue weighted by atomic mass is 32.2. The predicted molar refractivity (Wildman–Crippen MR) is 72.7 cm³/mol. The molecule has 1 aliphatic rings. The summed E-state index contributed by atoms with van der Waals surface area (Å²) in [6.45, 7) is 0.622. The first kappa shape index (κ1) is 13.0. The van der Waals surface area contributed by atoms with Crippen molar-refractivity contribution in [2.45, 2.75) is 6.42 Å². The topological polar surface area (TPSA) is 81.4 Å². The molecule has 100 valence electrons. The van der Waals surface area contributed by atoms with Crippen LogP contribution in [0, 0.1) is 5.92 Å². The van der Waals surface area contributed by atoms with Crippen LogP contribution < -0.4 is 15.8 Å². The van der Waals surface area contributed by atoms with Crippen molar-refractivity contribution >= 4 is 21.2 Å². The van der Waals surface area contributed by atoms with Gasteiger partial charge in [-0.1, -0.05) is 6.07 Å². The van der Waals surface area contributed by atoms with Crippen LogP contribution in [0.2, 0.25) is 0 Å². The highest BCUT2D eigenvalue weighted by molar-refractivity contribution is 7.91. The first-order valence-electron chi connectivity index (χ1n) is 5.88. The Labute approximate surface area is 107 Å². The van der Waals surface area contributed by atoms with E-state index in [1.165, 1.54) is 0 Å². The number of nitrogens with two attached hydrogens (primary N) is 1. The van der Waals surface area contributed by atoms with Gasteiger partial charge in [0.1, 0.15) is 5.75 Å². The highest BCUT2D eigenvalue weighted by Gasteiger charge is 2.27. The molecule has 0 aromatic heterocycles. The molecule has 18 heavy (non-hydrogen) atoms. The van der Waals surface area contributed by atoms with E-state index in [0.717, 1.165) is 12.1 Å². The molecule has 0 saturated carbocycles. The van der Waals surface area contributed by atoms with Crippen LogP contribution in [-0.2, 0) is 9.84 Å². The van der Waals surface area contributed by atoms with Crippen molar-refractivity contribution in [1.82, 2.24) is 0 Å². The Bertz CT molecular complexity index is 528. The first-order chi connectivity index (χ1) is 8.52. The monoisotopic (exact) mass is 270 g/mol. The van der Waals surface area contributed by atoms with E-state index in [-0.39, 0.29) is 11.7 Å². The number of methoxy groups -OCH3 is 1. The van der Waals surface area contributed by atoms with E-state index in [2.05, 4.69) is 5.32 Å². The number of anilines is 2. The normalized spacial score (nSPS) is 21.7. The molecular weight excluding hydrogens is 252 g/mol. The molecule has 3 N–H and O–H groups in total. The third-order valence-corrected chi connectivity index (χ3v) is 5.03. The average molecular weight is 270 g/mol. The number of nitrogens with one attached hydrogen (secondary N) is 1. The van der Waals surface area contributed by atoms with E-state index in [0.29, 0.717) is 23.7 Å². The van der Waals surface area contributed by atoms with Crippen molar-refractivity contribution in [1.29, 1.82) is 0 Å². The molecular formula is C12H18N2O3S. The summed E-state index contributed by atoms with van der Waals surface area (Å²) < 4.78 is 27.8. The quantitative estimate of drug-likeness (QED) is 0.801. The van der Waals surface area contributed by atoms with Crippen LogP contribution in [0.3, 0.4) is 0 Å². The lowest BCUT2D eigenvalue weighted by Gasteiger charge is -2.14. The van der Waals surface area contributed by atoms with Gasteiger partial charge >= 0.3 is 0 Å². The van der Waals surface area contributed by atoms with E-state index in [1.807, 2.05) is 12.1 Å². The lowest BCUT2D eigenvalue weighted by molar-refractivity contribution is 0.417. The van der Waals surface area contributed by atoms with E-state index in [4.69, 9.17) is 10.5 Å². The van der Waals surface area contributed by atoms with Gasteiger partial charge in [-0.15, -0.1) is 0 Å². The molecule has 1 unspecified atom stereocenters. The number of nitrogen functional groups attached to an aromatic ring is 1. The van der Waals surface area contributed by atoms with Crippen LogP contribution in [0.4, 0.5) is 11.4 Å². The number of benzene rings is 1. The van der Waals surface area contributed by atoms with Gasteiger partial charge in [0.2, 0.25) is 0 Å². The SMILES string of the molecule is COc1cccc(NCC2CCS(=O)(=O)C2)c1N. The summed E-state index contributed by atoms with van der Waals surface area (Å²) in [7, 11) is -1.25. The summed E-state index contributed by atoms with van der Waals surface area (Å²) in [5.74, 6) is 1.36. The average Bonchev–Trinajstić information content (AvgIpc) is 2.68. The van der Waals surface area contributed by atoms with Gasteiger partial charge in [0.05, 0.1) is 30.0 Å². The van der Waals surface area contributed by atoms with Crippen LogP contribution in [0.15, 0.2) is 18.2 Å². The van der Waals surface area contributed by atoms with E-state index >= 15 is 0 Å². The standard InChI is InChI=1S/C12H18N2O3S/c1-17-11-4-2-3-10(12(11)13)14-7-9-5-6-18(15,16)8-9/h2-4,9,14H,5-8,13H2,1H3. The molecule has 1 heterocycles. The predicted octanol–water partition coefficient (Wildman–Crippen LogP) is 1.12. The maximum Gasteiger partial charge on any atom is 0.150 e. The van der Waals surface area contributed by atoms with Crippen LogP contribution in [-0.4, -0.2) is 33.6 Å². The second kappa shape index (κ2) is 5.06. The summed E-state index contributed by atoms with van der Waals surface area (Å²) in [4.78, 5) is 0. The van der Waals surface area contributed by atoms with Crippen LogP contribution in [0.5, 0.6) is 5.75 Å². The first-order valence-corrected chi connectivity index (χ1v) is 7.71. The Morgan fingerprint density at radius 2 is 2.28 bits per heavy atom. The maximum absolute atomic E-state index is 11.3. The molecule has 1 atom stereocenters. The fraction of sp³-hybridized carbons (Fsp3) is 0.500. The molecule has 6 heteroatoms. The van der Waals surface area contributed by atoms with E-state index in [1.54, 1.807) is 13.2 Å². The molecule has 0 amide bonds. The number of hydrogen-bond donors (Lipinski definition) is 2. The Morgan fingerprint density at radius 3 is 2.89 bits per heavy atom. The Hall–Kier alpha value is -1.43. The molecule has 1 saturated heterocycles. The van der Waals surface area contributed by atoms with Crippen molar-refractivity contribution in [3.8, 4) is 5.75 Å². The number of sulfone groups is 1. The lowest BCUT2D eigenvalue weighted by Crippen LogP contribution is -2.16. The fourth-order valence-corrected chi connectivity index (χ4v) is 4.03. The van der Waals surface area contributed by atoms with E-state index < -0.39 is 9.84 Å². The maximum atomic E-state index is 11.3. The number of hydrogen-bond acceptors (Lipinski definition) is 5. The molecule has 2 rings (SSSR count). The van der Waals surface area contributed by atoms with Crippen LogP contribution in [0.1, 0.15) is 6.42 Å². The summed E-state index contributed by atoms with van der Waals surface area (Å²) in [6.07, 6.45) is 0.721. The molecule has 1 aliphatic heterocycles. The Kier molecular flexibility index (Phi) is 3.65. The molecule has 0 aliphatic carbocycles. The highest BCUT2D eigenvalue weighted by Crippen LogP contribution is 2.29. The van der Waals surface area contributed by atoms with Crippen molar-refractivity contribution in [2.24, 2.45) is 5.92 Å². The minimum absolute atomic E-state index is 0.167. The zero-order chi connectivity index (χ0) is 13.2. The van der Waals surface area contributed by atoms with Crippen molar-refractivity contribution in [3.63, 3.8) is 0 Å². The summed E-state index contributed by atoms with van der Waals surface area (Å²) in [5.41, 5.74) is 7.27. The number of ether oxygens (including phenoxy) is 1. The molecule has 1 aromatic rings. The molecule has 0 spiro atoms. The van der Waals surface area contributed by atoms with Crippen molar-refractivity contribution < 1.29 is 13.2 Å². The smallest absolute Gasteiger partial charge is 0.150 e. The largest absolute Gasteiger partial charge is 0.495 e. The van der Waals surface area contributed by atoms with E-state index in [9.17, 15) is 8.42 Å². The molecule has 0 bridgehead atoms. The number of rotatable bonds is 4. The third-order valence-electron chi connectivity index (χ3n) is 3.19. The lowest BCUT2D eigenvalue weighted by atomic mass is 10.1. The number of para-hydroxylation sites is 1. The summed E-state index contributed by atoms with van der Waals surface area (Å²) in [6, 6.07) is 5.50. The van der Waals surface area contributed by atoms with Gasteiger partial charge in [0.25, 0.3) is 0 Å². The zero-order valence-electron chi connectivity index (χ0n) is 10.3. The van der Waals surface area contributed by atoms with Crippen LogP contribution >= 0.6 is 0 Å². The van der Waals surface area contributed by atoms with Crippen molar-refractivity contribution in [3.05, 3.63) is 18.2 Å². The fourth-order valence-electron chi connectivity index (χ4n) is 2.16. The van der Waals surface area contributed by atoms with Gasteiger partial charge in [-0.25, -0.2) is 8.42 Å². The van der Waals surface area contributed by atoms with Gasteiger partial charge in [-0.05, 0) is 24.5 Å². The summed E-state index contributed by atoms with van der Waals surface area (Å²) in [5, 5.41) is 3.20.